The average molecular weight is 317 g/mol. The van der Waals surface area contributed by atoms with E-state index in [4.69, 9.17) is 16.7 Å². The van der Waals surface area contributed by atoms with Crippen LogP contribution in [0, 0.1) is 0 Å². The molecular formula is C14H8ClF3O3. The summed E-state index contributed by atoms with van der Waals surface area (Å²) in [7, 11) is 0. The van der Waals surface area contributed by atoms with Crippen molar-refractivity contribution in [3.63, 3.8) is 0 Å². The highest BCUT2D eigenvalue weighted by Crippen LogP contribution is 2.36. The van der Waals surface area contributed by atoms with Gasteiger partial charge in [0.25, 0.3) is 0 Å². The Bertz CT molecular complexity index is 711. The Morgan fingerprint density at radius 3 is 2.29 bits per heavy atom. The number of carboxylic acid groups (broad SMARTS) is 1. The van der Waals surface area contributed by atoms with Gasteiger partial charge in [-0.1, -0.05) is 17.7 Å². The number of hydrogen-bond donors (Lipinski definition) is 2. The second kappa shape index (κ2) is 5.29. The molecule has 2 rings (SSSR count). The summed E-state index contributed by atoms with van der Waals surface area (Å²) in [6.07, 6.45) is -4.62. The fourth-order valence-corrected chi connectivity index (χ4v) is 2.01. The van der Waals surface area contributed by atoms with Gasteiger partial charge >= 0.3 is 12.1 Å². The van der Waals surface area contributed by atoms with Crippen molar-refractivity contribution in [2.45, 2.75) is 6.18 Å². The third kappa shape index (κ3) is 3.28. The SMILES string of the molecule is O=C(O)c1cc(-c2cc(O)cc(C(F)(F)F)c2)ccc1Cl. The number of phenolic OH excluding ortho intramolecular Hbond substituents is 1. The summed E-state index contributed by atoms with van der Waals surface area (Å²) in [5, 5.41) is 18.3. The zero-order valence-corrected chi connectivity index (χ0v) is 11.0. The fraction of sp³-hybridized carbons (Fsp3) is 0.0714. The molecule has 3 nitrogen and oxygen atoms in total. The standard InChI is InChI=1S/C14H8ClF3O3/c15-12-2-1-7(5-11(12)13(20)21)8-3-9(14(16,17)18)6-10(19)4-8/h1-6,19H,(H,20,21). The van der Waals surface area contributed by atoms with Gasteiger partial charge in [-0.25, -0.2) is 4.79 Å². The average Bonchev–Trinajstić information content (AvgIpc) is 2.37. The molecule has 7 heteroatoms. The Labute approximate surface area is 122 Å². The largest absolute Gasteiger partial charge is 0.508 e. The molecule has 0 radical (unpaired) electrons. The second-order valence-electron chi connectivity index (χ2n) is 4.27. The predicted octanol–water partition coefficient (Wildman–Crippen LogP) is 4.43. The monoisotopic (exact) mass is 316 g/mol. The van der Waals surface area contributed by atoms with Crippen LogP contribution in [0.3, 0.4) is 0 Å². The van der Waals surface area contributed by atoms with Gasteiger partial charge < -0.3 is 10.2 Å². The topological polar surface area (TPSA) is 57.5 Å². The van der Waals surface area contributed by atoms with Gasteiger partial charge in [0.2, 0.25) is 0 Å². The minimum Gasteiger partial charge on any atom is -0.508 e. The van der Waals surface area contributed by atoms with Gasteiger partial charge in [-0.05, 0) is 41.5 Å². The molecule has 2 aromatic rings. The number of phenols is 1. The van der Waals surface area contributed by atoms with E-state index in [1.54, 1.807) is 0 Å². The van der Waals surface area contributed by atoms with E-state index >= 15 is 0 Å². The molecule has 0 aliphatic heterocycles. The number of carboxylic acids is 1. The normalized spacial score (nSPS) is 11.4. The van der Waals surface area contributed by atoms with Gasteiger partial charge in [0.05, 0.1) is 16.1 Å². The van der Waals surface area contributed by atoms with E-state index in [1.165, 1.54) is 12.1 Å². The minimum absolute atomic E-state index is 0.0255. The molecule has 0 aliphatic carbocycles. The maximum atomic E-state index is 12.7. The molecule has 0 aromatic heterocycles. The Hall–Kier alpha value is -2.21. The molecule has 110 valence electrons. The van der Waals surface area contributed by atoms with Crippen molar-refractivity contribution in [1.29, 1.82) is 0 Å². The van der Waals surface area contributed by atoms with E-state index < -0.39 is 23.5 Å². The number of aromatic carboxylic acids is 1. The highest BCUT2D eigenvalue weighted by atomic mass is 35.5. The summed E-state index contributed by atoms with van der Waals surface area (Å²) >= 11 is 5.70. The zero-order valence-electron chi connectivity index (χ0n) is 10.3. The first-order chi connectivity index (χ1) is 9.68. The van der Waals surface area contributed by atoms with Crippen LogP contribution in [-0.4, -0.2) is 16.2 Å². The Morgan fingerprint density at radius 2 is 1.71 bits per heavy atom. The van der Waals surface area contributed by atoms with Gasteiger partial charge in [0.15, 0.2) is 0 Å². The number of benzene rings is 2. The van der Waals surface area contributed by atoms with Gasteiger partial charge in [0.1, 0.15) is 5.75 Å². The first kappa shape index (κ1) is 15.2. The number of halogens is 4. The number of carbonyl (C=O) groups is 1. The molecule has 0 spiro atoms. The van der Waals surface area contributed by atoms with Crippen LogP contribution in [0.5, 0.6) is 5.75 Å². The van der Waals surface area contributed by atoms with Gasteiger partial charge in [-0.15, -0.1) is 0 Å². The molecule has 0 aliphatic rings. The maximum absolute atomic E-state index is 12.7. The lowest BCUT2D eigenvalue weighted by molar-refractivity contribution is -0.137. The van der Waals surface area contributed by atoms with Crippen LogP contribution in [0.25, 0.3) is 11.1 Å². The van der Waals surface area contributed by atoms with Crippen molar-refractivity contribution >= 4 is 17.6 Å². The first-order valence-corrected chi connectivity index (χ1v) is 6.01. The first-order valence-electron chi connectivity index (χ1n) is 5.63. The van der Waals surface area contributed by atoms with Gasteiger partial charge in [0, 0.05) is 0 Å². The molecule has 0 bridgehead atoms. The number of alkyl halides is 3. The van der Waals surface area contributed by atoms with Crippen LogP contribution in [0.2, 0.25) is 5.02 Å². The molecule has 0 saturated heterocycles. The maximum Gasteiger partial charge on any atom is 0.416 e. The molecule has 2 N–H and O–H groups in total. The molecule has 0 amide bonds. The minimum atomic E-state index is -4.62. The predicted molar refractivity (Wildman–Crippen MR) is 70.5 cm³/mol. The third-order valence-corrected chi connectivity index (χ3v) is 3.10. The summed E-state index contributed by atoms with van der Waals surface area (Å²) in [6, 6.07) is 6.34. The molecule has 0 saturated carbocycles. The van der Waals surface area contributed by atoms with Crippen molar-refractivity contribution in [3.8, 4) is 16.9 Å². The van der Waals surface area contributed by atoms with Crippen molar-refractivity contribution in [1.82, 2.24) is 0 Å². The number of aromatic hydroxyl groups is 1. The Morgan fingerprint density at radius 1 is 1.05 bits per heavy atom. The van der Waals surface area contributed by atoms with Crippen molar-refractivity contribution < 1.29 is 28.2 Å². The second-order valence-corrected chi connectivity index (χ2v) is 4.67. The smallest absolute Gasteiger partial charge is 0.416 e. The summed E-state index contributed by atoms with van der Waals surface area (Å²) < 4.78 is 38.1. The summed E-state index contributed by atoms with van der Waals surface area (Å²) in [5.74, 6) is -1.86. The van der Waals surface area contributed by atoms with Gasteiger partial charge in [-0.2, -0.15) is 13.2 Å². The lowest BCUT2D eigenvalue weighted by atomic mass is 10.0. The summed E-state index contributed by atoms with van der Waals surface area (Å²) in [4.78, 5) is 11.0. The van der Waals surface area contributed by atoms with E-state index in [0.29, 0.717) is 6.07 Å². The molecule has 2 aromatic carbocycles. The lowest BCUT2D eigenvalue weighted by Crippen LogP contribution is -2.05. The van der Waals surface area contributed by atoms with Crippen LogP contribution in [0.1, 0.15) is 15.9 Å². The van der Waals surface area contributed by atoms with Crippen LogP contribution >= 0.6 is 11.6 Å². The van der Waals surface area contributed by atoms with Crippen LogP contribution < -0.4 is 0 Å². The molecule has 21 heavy (non-hydrogen) atoms. The molecule has 0 unspecified atom stereocenters. The van der Waals surface area contributed by atoms with E-state index in [0.717, 1.165) is 18.2 Å². The van der Waals surface area contributed by atoms with Crippen molar-refractivity contribution in [3.05, 3.63) is 52.5 Å². The summed E-state index contributed by atoms with van der Waals surface area (Å²) in [6.45, 7) is 0. The lowest BCUT2D eigenvalue weighted by Gasteiger charge is -2.11. The zero-order chi connectivity index (χ0) is 15.8. The quantitative estimate of drug-likeness (QED) is 0.861. The highest BCUT2D eigenvalue weighted by Gasteiger charge is 2.31. The van der Waals surface area contributed by atoms with E-state index in [9.17, 15) is 23.1 Å². The Kier molecular flexibility index (Phi) is 3.82. The molecular weight excluding hydrogens is 309 g/mol. The summed E-state index contributed by atoms with van der Waals surface area (Å²) in [5.41, 5.74) is -1.00. The van der Waals surface area contributed by atoms with Crippen molar-refractivity contribution in [2.75, 3.05) is 0 Å². The van der Waals surface area contributed by atoms with Crippen LogP contribution in [0.4, 0.5) is 13.2 Å². The molecule has 0 heterocycles. The van der Waals surface area contributed by atoms with E-state index in [-0.39, 0.29) is 21.7 Å². The van der Waals surface area contributed by atoms with E-state index in [2.05, 4.69) is 0 Å². The van der Waals surface area contributed by atoms with Crippen molar-refractivity contribution in [2.24, 2.45) is 0 Å². The molecule has 0 fully saturated rings. The fourth-order valence-electron chi connectivity index (χ4n) is 1.81. The third-order valence-electron chi connectivity index (χ3n) is 2.78. The van der Waals surface area contributed by atoms with Gasteiger partial charge in [-0.3, -0.25) is 0 Å². The Balaban J connectivity index is 2.59. The molecule has 0 atom stereocenters. The number of rotatable bonds is 2. The van der Waals surface area contributed by atoms with Crippen LogP contribution in [0.15, 0.2) is 36.4 Å². The van der Waals surface area contributed by atoms with Crippen LogP contribution in [-0.2, 0) is 6.18 Å². The highest BCUT2D eigenvalue weighted by molar-refractivity contribution is 6.33. The van der Waals surface area contributed by atoms with E-state index in [1.807, 2.05) is 0 Å². The number of hydrogen-bond acceptors (Lipinski definition) is 2.